The van der Waals surface area contributed by atoms with Crippen LogP contribution in [0.2, 0.25) is 5.02 Å². The van der Waals surface area contributed by atoms with Crippen molar-refractivity contribution in [2.75, 3.05) is 0 Å². The molecule has 0 fully saturated rings. The van der Waals surface area contributed by atoms with Gasteiger partial charge in [0.1, 0.15) is 5.76 Å². The summed E-state index contributed by atoms with van der Waals surface area (Å²) in [4.78, 5) is 0. The molecule has 0 spiro atoms. The van der Waals surface area contributed by atoms with Gasteiger partial charge in [-0.3, -0.25) is 0 Å². The Balaban J connectivity index is 2.04. The van der Waals surface area contributed by atoms with Crippen molar-refractivity contribution in [3.63, 3.8) is 0 Å². The molecule has 0 aliphatic heterocycles. The molecule has 0 aliphatic rings. The third-order valence-electron chi connectivity index (χ3n) is 2.58. The largest absolute Gasteiger partial charge is 0.463 e. The Kier molecular flexibility index (Phi) is 3.49. The molecule has 0 unspecified atom stereocenters. The van der Waals surface area contributed by atoms with Crippen LogP contribution in [-0.2, 0) is 0 Å². The molecule has 2 aromatic heterocycles. The van der Waals surface area contributed by atoms with Gasteiger partial charge < -0.3 is 4.42 Å². The number of halogens is 1. The maximum absolute atomic E-state index is 5.99. The Morgan fingerprint density at radius 2 is 2.25 bits per heavy atom. The zero-order valence-corrected chi connectivity index (χ0v) is 11.7. The minimum absolute atomic E-state index is 0.391. The fourth-order valence-corrected chi connectivity index (χ4v) is 2.06. The van der Waals surface area contributed by atoms with E-state index in [-0.39, 0.29) is 0 Å². The van der Waals surface area contributed by atoms with Crippen LogP contribution in [0.5, 0.6) is 0 Å². The first-order valence-electron chi connectivity index (χ1n) is 5.75. The zero-order chi connectivity index (χ0) is 13.9. The molecule has 100 valence electrons. The highest BCUT2D eigenvalue weighted by Gasteiger charge is 2.08. The van der Waals surface area contributed by atoms with Crippen LogP contribution in [-0.4, -0.2) is 21.1 Å². The molecule has 0 atom stereocenters. The third-order valence-corrected chi connectivity index (χ3v) is 3.08. The predicted molar refractivity (Wildman–Crippen MR) is 79.6 cm³/mol. The summed E-state index contributed by atoms with van der Waals surface area (Å²) in [5, 5.41) is 11.8. The Labute approximate surface area is 124 Å². The lowest BCUT2D eigenvalue weighted by atomic mass is 10.2. The van der Waals surface area contributed by atoms with Crippen LogP contribution in [0.1, 0.15) is 5.76 Å². The minimum Gasteiger partial charge on any atom is -0.463 e. The summed E-state index contributed by atoms with van der Waals surface area (Å²) in [5.41, 5.74) is 0.821. The van der Waals surface area contributed by atoms with Gasteiger partial charge >= 0.3 is 0 Å². The molecule has 5 nitrogen and oxygen atoms in total. The standard InChI is InChI=1S/C13H9ClN4OS/c14-10-4-1-3-9(7-10)12-16-17-13(20)18(12)15-8-11-5-2-6-19-11/h1-8H,(H,17,20)/b15-8-. The number of nitrogens with one attached hydrogen (secondary N) is 1. The molecule has 1 N–H and O–H groups in total. The second-order valence-electron chi connectivity index (χ2n) is 3.93. The van der Waals surface area contributed by atoms with E-state index in [0.29, 0.717) is 21.4 Å². The number of H-pyrrole nitrogens is 1. The number of benzene rings is 1. The van der Waals surface area contributed by atoms with Crippen molar-refractivity contribution < 1.29 is 4.42 Å². The molecule has 7 heteroatoms. The molecule has 0 saturated carbocycles. The van der Waals surface area contributed by atoms with Crippen LogP contribution in [0.3, 0.4) is 0 Å². The lowest BCUT2D eigenvalue weighted by Crippen LogP contribution is -1.94. The third kappa shape index (κ3) is 2.56. The van der Waals surface area contributed by atoms with E-state index in [1.165, 1.54) is 4.68 Å². The number of aromatic amines is 1. The van der Waals surface area contributed by atoms with Gasteiger partial charge in [-0.25, -0.2) is 5.10 Å². The molecule has 0 radical (unpaired) electrons. The van der Waals surface area contributed by atoms with E-state index in [4.69, 9.17) is 28.2 Å². The predicted octanol–water partition coefficient (Wildman–Crippen LogP) is 3.74. The Bertz CT molecular complexity index is 804. The average Bonchev–Trinajstić information content (AvgIpc) is 3.06. The second kappa shape index (κ2) is 5.44. The highest BCUT2D eigenvalue weighted by atomic mass is 35.5. The van der Waals surface area contributed by atoms with Crippen molar-refractivity contribution in [3.05, 3.63) is 58.2 Å². The monoisotopic (exact) mass is 304 g/mol. The summed E-state index contributed by atoms with van der Waals surface area (Å²) < 4.78 is 7.10. The number of hydrogen-bond acceptors (Lipinski definition) is 4. The summed E-state index contributed by atoms with van der Waals surface area (Å²) >= 11 is 11.2. The summed E-state index contributed by atoms with van der Waals surface area (Å²) in [5.74, 6) is 1.21. The van der Waals surface area contributed by atoms with E-state index in [1.807, 2.05) is 12.1 Å². The topological polar surface area (TPSA) is 59.1 Å². The van der Waals surface area contributed by atoms with Crippen LogP contribution < -0.4 is 0 Å². The number of hydrogen-bond donors (Lipinski definition) is 1. The highest BCUT2D eigenvalue weighted by molar-refractivity contribution is 7.71. The highest BCUT2D eigenvalue weighted by Crippen LogP contribution is 2.21. The fourth-order valence-electron chi connectivity index (χ4n) is 1.69. The van der Waals surface area contributed by atoms with Crippen molar-refractivity contribution in [1.82, 2.24) is 14.9 Å². The maximum Gasteiger partial charge on any atom is 0.216 e. The van der Waals surface area contributed by atoms with E-state index in [1.54, 1.807) is 36.7 Å². The Morgan fingerprint density at radius 3 is 3.00 bits per heavy atom. The van der Waals surface area contributed by atoms with E-state index in [2.05, 4.69) is 15.3 Å². The van der Waals surface area contributed by atoms with Gasteiger partial charge in [0.15, 0.2) is 5.82 Å². The minimum atomic E-state index is 0.391. The summed E-state index contributed by atoms with van der Waals surface area (Å²) in [7, 11) is 0. The van der Waals surface area contributed by atoms with Gasteiger partial charge in [0, 0.05) is 10.6 Å². The smallest absolute Gasteiger partial charge is 0.216 e. The molecule has 0 amide bonds. The van der Waals surface area contributed by atoms with Crippen LogP contribution in [0.4, 0.5) is 0 Å². The van der Waals surface area contributed by atoms with Gasteiger partial charge in [-0.05, 0) is 36.5 Å². The van der Waals surface area contributed by atoms with Crippen molar-refractivity contribution in [2.45, 2.75) is 0 Å². The second-order valence-corrected chi connectivity index (χ2v) is 4.76. The molecule has 3 aromatic rings. The van der Waals surface area contributed by atoms with Gasteiger partial charge in [0.05, 0.1) is 12.5 Å². The van der Waals surface area contributed by atoms with Gasteiger partial charge in [-0.1, -0.05) is 23.7 Å². The first-order valence-corrected chi connectivity index (χ1v) is 6.54. The van der Waals surface area contributed by atoms with Crippen molar-refractivity contribution in [2.24, 2.45) is 5.10 Å². The number of aromatic nitrogens is 3. The first kappa shape index (κ1) is 12.8. The van der Waals surface area contributed by atoms with Crippen LogP contribution in [0, 0.1) is 4.77 Å². The van der Waals surface area contributed by atoms with E-state index in [9.17, 15) is 0 Å². The molecule has 1 aromatic carbocycles. The average molecular weight is 305 g/mol. The van der Waals surface area contributed by atoms with Gasteiger partial charge in [-0.15, -0.1) is 0 Å². The van der Waals surface area contributed by atoms with Gasteiger partial charge in [0.25, 0.3) is 0 Å². The molecule has 0 aliphatic carbocycles. The summed E-state index contributed by atoms with van der Waals surface area (Å²) in [6.07, 6.45) is 3.15. The Morgan fingerprint density at radius 1 is 1.35 bits per heavy atom. The van der Waals surface area contributed by atoms with Crippen molar-refractivity contribution >= 4 is 30.0 Å². The van der Waals surface area contributed by atoms with E-state index < -0.39 is 0 Å². The number of furan rings is 1. The SMILES string of the molecule is S=c1[nH]nc(-c2cccc(Cl)c2)n1/N=C\c1ccco1. The first-order chi connectivity index (χ1) is 9.74. The number of nitrogens with zero attached hydrogens (tertiary/aromatic N) is 3. The maximum atomic E-state index is 5.99. The van der Waals surface area contributed by atoms with E-state index in [0.717, 1.165) is 5.56 Å². The van der Waals surface area contributed by atoms with Crippen LogP contribution in [0.15, 0.2) is 52.2 Å². The van der Waals surface area contributed by atoms with Gasteiger partial charge in [0.2, 0.25) is 4.77 Å². The zero-order valence-electron chi connectivity index (χ0n) is 10.2. The molecule has 20 heavy (non-hydrogen) atoms. The summed E-state index contributed by atoms with van der Waals surface area (Å²) in [6, 6.07) is 10.9. The lowest BCUT2D eigenvalue weighted by molar-refractivity contribution is 0.559. The molecular weight excluding hydrogens is 296 g/mol. The van der Waals surface area contributed by atoms with Crippen molar-refractivity contribution in [1.29, 1.82) is 0 Å². The molecular formula is C13H9ClN4OS. The fraction of sp³-hybridized carbons (Fsp3) is 0. The summed E-state index contributed by atoms with van der Waals surface area (Å²) in [6.45, 7) is 0. The molecule has 2 heterocycles. The molecule has 3 rings (SSSR count). The van der Waals surface area contributed by atoms with E-state index >= 15 is 0 Å². The quantitative estimate of drug-likeness (QED) is 0.592. The van der Waals surface area contributed by atoms with Gasteiger partial charge in [-0.2, -0.15) is 14.9 Å². The van der Waals surface area contributed by atoms with Crippen LogP contribution >= 0.6 is 23.8 Å². The normalized spacial score (nSPS) is 11.2. The molecule has 0 bridgehead atoms. The van der Waals surface area contributed by atoms with Crippen molar-refractivity contribution in [3.8, 4) is 11.4 Å². The Hall–Kier alpha value is -2.18. The van der Waals surface area contributed by atoms with Crippen LogP contribution in [0.25, 0.3) is 11.4 Å². The number of rotatable bonds is 3. The lowest BCUT2D eigenvalue weighted by Gasteiger charge is -2.00. The molecule has 0 saturated heterocycles.